The number of nitrogens with zero attached hydrogens (tertiary/aromatic N) is 3. The quantitative estimate of drug-likeness (QED) is 0.377. The molecule has 2 aromatic carbocycles. The van der Waals surface area contributed by atoms with Crippen LogP contribution in [0.3, 0.4) is 0 Å². The van der Waals surface area contributed by atoms with Crippen molar-refractivity contribution >= 4 is 54.2 Å². The van der Waals surface area contributed by atoms with Crippen molar-refractivity contribution in [2.45, 2.75) is 11.4 Å². The fourth-order valence-corrected chi connectivity index (χ4v) is 5.41. The van der Waals surface area contributed by atoms with Crippen LogP contribution in [0.1, 0.15) is 26.5 Å². The van der Waals surface area contributed by atoms with Crippen molar-refractivity contribution in [1.29, 1.82) is 0 Å². The van der Waals surface area contributed by atoms with Gasteiger partial charge in [-0.15, -0.1) is 0 Å². The lowest BCUT2D eigenvalue weighted by Crippen LogP contribution is -2.42. The monoisotopic (exact) mass is 495 g/mol. The molecule has 34 heavy (non-hydrogen) atoms. The number of furan rings is 1. The number of anilines is 1. The van der Waals surface area contributed by atoms with Crippen LogP contribution in [-0.2, 0) is 21.2 Å². The highest BCUT2D eigenvalue weighted by molar-refractivity contribution is 7.90. The van der Waals surface area contributed by atoms with Crippen LogP contribution in [-0.4, -0.2) is 48.8 Å². The van der Waals surface area contributed by atoms with E-state index in [4.69, 9.17) is 4.42 Å². The number of aromatic nitrogens is 1. The van der Waals surface area contributed by atoms with Crippen molar-refractivity contribution in [3.05, 3.63) is 77.7 Å². The molecule has 9 nitrogen and oxygen atoms in total. The number of hydrogen-bond donors (Lipinski definition) is 0. The normalized spacial score (nSPS) is 13.5. The summed E-state index contributed by atoms with van der Waals surface area (Å²) in [6.07, 6.45) is 2.59. The van der Waals surface area contributed by atoms with E-state index in [1.165, 1.54) is 23.3 Å². The van der Waals surface area contributed by atoms with Gasteiger partial charge in [0.05, 0.1) is 39.0 Å². The highest BCUT2D eigenvalue weighted by Crippen LogP contribution is 2.32. The molecule has 0 unspecified atom stereocenters. The molecule has 0 N–H and O–H groups in total. The standard InChI is InChI=1S/C23H17N3O6S2/c1-34(30,31)15-8-9-18-19(11-15)33-23(24-18)25(12-14-5-4-10-32-14)20(27)13-26-21(28)16-6-2-3-7-17(16)22(26)29/h2-11H,12-13H2,1H3. The molecule has 2 aromatic heterocycles. The van der Waals surface area contributed by atoms with E-state index in [1.54, 1.807) is 42.5 Å². The summed E-state index contributed by atoms with van der Waals surface area (Å²) in [4.78, 5) is 45.7. The molecule has 3 heterocycles. The van der Waals surface area contributed by atoms with Gasteiger partial charge in [-0.3, -0.25) is 24.2 Å². The summed E-state index contributed by atoms with van der Waals surface area (Å²) in [6.45, 7) is -0.453. The Balaban J connectivity index is 1.49. The van der Waals surface area contributed by atoms with Gasteiger partial charge >= 0.3 is 0 Å². The third kappa shape index (κ3) is 3.88. The first-order chi connectivity index (χ1) is 16.2. The predicted octanol–water partition coefficient (Wildman–Crippen LogP) is 3.12. The van der Waals surface area contributed by atoms with Gasteiger partial charge in [-0.25, -0.2) is 13.4 Å². The van der Waals surface area contributed by atoms with Crippen molar-refractivity contribution in [3.8, 4) is 0 Å². The fraction of sp³-hybridized carbons (Fsp3) is 0.130. The molecule has 0 radical (unpaired) electrons. The number of thiazole rings is 1. The molecule has 0 atom stereocenters. The number of carbonyl (C=O) groups excluding carboxylic acids is 3. The van der Waals surface area contributed by atoms with Crippen molar-refractivity contribution in [2.75, 3.05) is 17.7 Å². The summed E-state index contributed by atoms with van der Waals surface area (Å²) in [6, 6.07) is 14.3. The number of carbonyl (C=O) groups is 3. The minimum Gasteiger partial charge on any atom is -0.467 e. The van der Waals surface area contributed by atoms with Gasteiger partial charge in [0, 0.05) is 6.26 Å². The Bertz CT molecular complexity index is 1520. The Hall–Kier alpha value is -3.83. The summed E-state index contributed by atoms with van der Waals surface area (Å²) >= 11 is 1.13. The van der Waals surface area contributed by atoms with Gasteiger partial charge in [0.1, 0.15) is 12.3 Å². The van der Waals surface area contributed by atoms with Crippen LogP contribution < -0.4 is 4.90 Å². The summed E-state index contributed by atoms with van der Waals surface area (Å²) < 4.78 is 29.8. The SMILES string of the molecule is CS(=O)(=O)c1ccc2nc(N(Cc3ccco3)C(=O)CN3C(=O)c4ccccc4C3=O)sc2c1. The van der Waals surface area contributed by atoms with Crippen LogP contribution in [0.5, 0.6) is 0 Å². The Morgan fingerprint density at radius 3 is 2.38 bits per heavy atom. The van der Waals surface area contributed by atoms with Gasteiger partial charge in [-0.2, -0.15) is 0 Å². The minimum atomic E-state index is -3.42. The van der Waals surface area contributed by atoms with Crippen LogP contribution in [0.2, 0.25) is 0 Å². The van der Waals surface area contributed by atoms with Crippen LogP contribution in [0.25, 0.3) is 10.2 Å². The molecule has 5 rings (SSSR count). The number of hydrogen-bond acceptors (Lipinski definition) is 8. The van der Waals surface area contributed by atoms with E-state index in [0.717, 1.165) is 22.5 Å². The number of rotatable bonds is 6. The van der Waals surface area contributed by atoms with E-state index in [0.29, 0.717) is 21.1 Å². The summed E-state index contributed by atoms with van der Waals surface area (Å²) in [5.74, 6) is -1.12. The summed E-state index contributed by atoms with van der Waals surface area (Å²) in [5, 5.41) is 0.290. The lowest BCUT2D eigenvalue weighted by molar-refractivity contribution is -0.119. The number of fused-ring (bicyclic) bond motifs is 2. The average Bonchev–Trinajstić information content (AvgIpc) is 3.52. The lowest BCUT2D eigenvalue weighted by atomic mass is 10.1. The fourth-order valence-electron chi connectivity index (χ4n) is 3.66. The van der Waals surface area contributed by atoms with Crippen molar-refractivity contribution in [1.82, 2.24) is 9.88 Å². The first-order valence-electron chi connectivity index (χ1n) is 10.1. The number of benzene rings is 2. The molecule has 0 aliphatic carbocycles. The minimum absolute atomic E-state index is 0.0216. The maximum atomic E-state index is 13.4. The van der Waals surface area contributed by atoms with E-state index in [-0.39, 0.29) is 22.6 Å². The Morgan fingerprint density at radius 1 is 1.06 bits per heavy atom. The molecule has 0 fully saturated rings. The highest BCUT2D eigenvalue weighted by atomic mass is 32.2. The van der Waals surface area contributed by atoms with Crippen LogP contribution in [0, 0.1) is 0 Å². The molecular formula is C23H17N3O6S2. The second kappa shape index (κ2) is 8.19. The Kier molecular flexibility index (Phi) is 5.29. The zero-order chi connectivity index (χ0) is 24.0. The maximum absolute atomic E-state index is 13.4. The van der Waals surface area contributed by atoms with E-state index in [1.807, 2.05) is 0 Å². The molecule has 0 bridgehead atoms. The molecular weight excluding hydrogens is 478 g/mol. The third-order valence-electron chi connectivity index (χ3n) is 5.37. The first kappa shape index (κ1) is 22.0. The van der Waals surface area contributed by atoms with Gasteiger partial charge in [0.2, 0.25) is 5.91 Å². The molecule has 0 saturated heterocycles. The Labute approximate surface area is 198 Å². The number of sulfone groups is 1. The van der Waals surface area contributed by atoms with Gasteiger partial charge in [-0.1, -0.05) is 23.5 Å². The van der Waals surface area contributed by atoms with Crippen molar-refractivity contribution in [2.24, 2.45) is 0 Å². The third-order valence-corrected chi connectivity index (χ3v) is 7.53. The lowest BCUT2D eigenvalue weighted by Gasteiger charge is -2.21. The molecule has 1 aliphatic rings. The molecule has 4 aromatic rings. The second-order valence-electron chi connectivity index (χ2n) is 7.70. The zero-order valence-electron chi connectivity index (χ0n) is 17.8. The van der Waals surface area contributed by atoms with Crippen LogP contribution in [0.4, 0.5) is 5.13 Å². The maximum Gasteiger partial charge on any atom is 0.262 e. The summed E-state index contributed by atoms with van der Waals surface area (Å²) in [5.41, 5.74) is 1.03. The van der Waals surface area contributed by atoms with Crippen LogP contribution in [0.15, 0.2) is 70.2 Å². The van der Waals surface area contributed by atoms with E-state index in [9.17, 15) is 22.8 Å². The number of imide groups is 1. The Morgan fingerprint density at radius 2 is 1.76 bits per heavy atom. The van der Waals surface area contributed by atoms with E-state index < -0.39 is 34.1 Å². The van der Waals surface area contributed by atoms with Gasteiger partial charge < -0.3 is 4.42 Å². The van der Waals surface area contributed by atoms with Crippen LogP contribution >= 0.6 is 11.3 Å². The van der Waals surface area contributed by atoms with E-state index >= 15 is 0 Å². The van der Waals surface area contributed by atoms with Crippen molar-refractivity contribution in [3.63, 3.8) is 0 Å². The predicted molar refractivity (Wildman–Crippen MR) is 124 cm³/mol. The largest absolute Gasteiger partial charge is 0.467 e. The second-order valence-corrected chi connectivity index (χ2v) is 10.7. The van der Waals surface area contributed by atoms with Crippen molar-refractivity contribution < 1.29 is 27.2 Å². The molecule has 0 spiro atoms. The van der Waals surface area contributed by atoms with Gasteiger partial charge in [0.15, 0.2) is 15.0 Å². The molecule has 1 aliphatic heterocycles. The highest BCUT2D eigenvalue weighted by Gasteiger charge is 2.37. The zero-order valence-corrected chi connectivity index (χ0v) is 19.4. The smallest absolute Gasteiger partial charge is 0.262 e. The topological polar surface area (TPSA) is 118 Å². The molecule has 172 valence electrons. The molecule has 0 saturated carbocycles. The molecule has 3 amide bonds. The van der Waals surface area contributed by atoms with E-state index in [2.05, 4.69) is 4.98 Å². The average molecular weight is 496 g/mol. The number of amides is 3. The van der Waals surface area contributed by atoms with Gasteiger partial charge in [0.25, 0.3) is 11.8 Å². The van der Waals surface area contributed by atoms with Gasteiger partial charge in [-0.05, 0) is 42.5 Å². The first-order valence-corrected chi connectivity index (χ1v) is 12.8. The summed E-state index contributed by atoms with van der Waals surface area (Å²) in [7, 11) is -3.42. The molecule has 11 heteroatoms.